The predicted octanol–water partition coefficient (Wildman–Crippen LogP) is 3.61. The molecule has 2 atom stereocenters. The van der Waals surface area contributed by atoms with Gasteiger partial charge in [0.2, 0.25) is 5.13 Å². The van der Waals surface area contributed by atoms with E-state index in [0.29, 0.717) is 11.2 Å². The Morgan fingerprint density at radius 1 is 1.15 bits per heavy atom. The number of benzene rings is 1. The minimum Gasteiger partial charge on any atom is -0.333 e. The lowest BCUT2D eigenvalue weighted by Gasteiger charge is -2.32. The first-order valence-corrected chi connectivity index (χ1v) is 10.6. The maximum Gasteiger partial charge on any atom is 0.321 e. The average molecular weight is 386 g/mol. The smallest absolute Gasteiger partial charge is 0.321 e. The number of amides is 2. The van der Waals surface area contributed by atoms with E-state index in [-0.39, 0.29) is 17.5 Å². The molecule has 2 unspecified atom stereocenters. The molecule has 27 heavy (non-hydrogen) atoms. The van der Waals surface area contributed by atoms with Crippen LogP contribution < -0.4 is 10.6 Å². The maximum atomic E-state index is 12.5. The molecule has 1 aromatic carbocycles. The molecule has 144 valence electrons. The molecule has 0 radical (unpaired) electrons. The summed E-state index contributed by atoms with van der Waals surface area (Å²) in [6, 6.07) is 10.8. The Kier molecular flexibility index (Phi) is 5.14. The highest BCUT2D eigenvalue weighted by molar-refractivity contribution is 7.15. The van der Waals surface area contributed by atoms with E-state index in [1.165, 1.54) is 42.7 Å². The molecule has 2 aromatic rings. The van der Waals surface area contributed by atoms with Gasteiger partial charge in [-0.15, -0.1) is 10.2 Å². The Morgan fingerprint density at radius 3 is 2.78 bits per heavy atom. The number of hydrogen-bond donors (Lipinski definition) is 2. The summed E-state index contributed by atoms with van der Waals surface area (Å²) in [4.78, 5) is 15.0. The third kappa shape index (κ3) is 3.84. The van der Waals surface area contributed by atoms with Crippen molar-refractivity contribution in [1.29, 1.82) is 0 Å². The monoisotopic (exact) mass is 385 g/mol. The molecule has 3 heterocycles. The van der Waals surface area contributed by atoms with Crippen LogP contribution in [-0.2, 0) is 5.41 Å². The van der Waals surface area contributed by atoms with E-state index in [1.807, 2.05) is 18.2 Å². The number of urea groups is 1. The first-order chi connectivity index (χ1) is 13.0. The molecule has 2 saturated heterocycles. The van der Waals surface area contributed by atoms with Gasteiger partial charge in [-0.2, -0.15) is 0 Å². The van der Waals surface area contributed by atoms with Crippen molar-refractivity contribution in [3.8, 4) is 0 Å². The maximum absolute atomic E-state index is 12.5. The number of piperidine rings is 1. The average Bonchev–Trinajstić information content (AvgIpc) is 3.30. The van der Waals surface area contributed by atoms with Crippen molar-refractivity contribution in [2.75, 3.05) is 18.4 Å². The summed E-state index contributed by atoms with van der Waals surface area (Å²) in [7, 11) is 0. The van der Waals surface area contributed by atoms with Crippen molar-refractivity contribution in [3.05, 3.63) is 40.9 Å². The molecule has 4 rings (SSSR count). The van der Waals surface area contributed by atoms with Crippen LogP contribution in [0, 0.1) is 0 Å². The Labute approximate surface area is 164 Å². The predicted molar refractivity (Wildman–Crippen MR) is 108 cm³/mol. The van der Waals surface area contributed by atoms with Crippen molar-refractivity contribution in [2.45, 2.75) is 57.0 Å². The summed E-state index contributed by atoms with van der Waals surface area (Å²) in [5, 5.41) is 16.0. The quantitative estimate of drug-likeness (QED) is 0.843. The normalized spacial score (nSPS) is 23.0. The molecular formula is C20H27N5OS. The first-order valence-electron chi connectivity index (χ1n) is 9.75. The summed E-state index contributed by atoms with van der Waals surface area (Å²) in [6.45, 7) is 6.51. The lowest BCUT2D eigenvalue weighted by atomic mass is 9.85. The Hall–Kier alpha value is -1.99. The number of carbonyl (C=O) groups excluding carboxylic acids is 1. The van der Waals surface area contributed by atoms with Crippen LogP contribution in [0.1, 0.15) is 50.1 Å². The van der Waals surface area contributed by atoms with Crippen molar-refractivity contribution >= 4 is 22.5 Å². The summed E-state index contributed by atoms with van der Waals surface area (Å²) in [5.74, 6) is 0. The summed E-state index contributed by atoms with van der Waals surface area (Å²) in [6.07, 6.45) is 4.75. The molecule has 0 saturated carbocycles. The van der Waals surface area contributed by atoms with Crippen molar-refractivity contribution in [1.82, 2.24) is 20.4 Å². The Morgan fingerprint density at radius 2 is 1.96 bits per heavy atom. The molecule has 0 bridgehead atoms. The molecule has 2 amide bonds. The van der Waals surface area contributed by atoms with Gasteiger partial charge in [0, 0.05) is 24.0 Å². The SMILES string of the molecule is CC(C)(c1ccccc1)c1nnc(NC(=O)NC2CCN3CCCCC23)s1. The van der Waals surface area contributed by atoms with E-state index in [9.17, 15) is 4.79 Å². The number of aromatic nitrogens is 2. The molecule has 6 nitrogen and oxygen atoms in total. The van der Waals surface area contributed by atoms with Crippen LogP contribution in [0.5, 0.6) is 0 Å². The Balaban J connectivity index is 1.38. The minimum atomic E-state index is -0.247. The molecule has 2 aliphatic rings. The molecule has 2 fully saturated rings. The number of carbonyl (C=O) groups is 1. The highest BCUT2D eigenvalue weighted by Gasteiger charge is 2.36. The molecule has 2 N–H and O–H groups in total. The number of fused-ring (bicyclic) bond motifs is 1. The fourth-order valence-corrected chi connectivity index (χ4v) is 5.09. The highest BCUT2D eigenvalue weighted by Crippen LogP contribution is 2.34. The molecule has 0 spiro atoms. The van der Waals surface area contributed by atoms with E-state index < -0.39 is 0 Å². The standard InChI is InChI=1S/C20H27N5OS/c1-20(2,14-8-4-3-5-9-14)17-23-24-19(27-17)22-18(26)21-15-11-13-25-12-7-6-10-16(15)25/h3-5,8-9,15-16H,6-7,10-13H2,1-2H3,(H2,21,22,24,26). The number of nitrogens with zero attached hydrogens (tertiary/aromatic N) is 3. The van der Waals surface area contributed by atoms with E-state index in [0.717, 1.165) is 18.0 Å². The van der Waals surface area contributed by atoms with Crippen LogP contribution >= 0.6 is 11.3 Å². The largest absolute Gasteiger partial charge is 0.333 e. The third-order valence-corrected chi connectivity index (χ3v) is 7.01. The molecule has 0 aliphatic carbocycles. The second kappa shape index (κ2) is 7.56. The zero-order valence-electron chi connectivity index (χ0n) is 15.9. The fourth-order valence-electron chi connectivity index (χ4n) is 4.22. The number of anilines is 1. The van der Waals surface area contributed by atoms with Crippen LogP contribution in [0.3, 0.4) is 0 Å². The molecular weight excluding hydrogens is 358 g/mol. The van der Waals surface area contributed by atoms with E-state index in [1.54, 1.807) is 0 Å². The lowest BCUT2D eigenvalue weighted by molar-refractivity contribution is 0.180. The minimum absolute atomic E-state index is 0.173. The van der Waals surface area contributed by atoms with Gasteiger partial charge in [0.1, 0.15) is 5.01 Å². The van der Waals surface area contributed by atoms with Gasteiger partial charge in [-0.05, 0) is 45.2 Å². The van der Waals surface area contributed by atoms with Gasteiger partial charge in [0.05, 0.1) is 0 Å². The van der Waals surface area contributed by atoms with Gasteiger partial charge < -0.3 is 5.32 Å². The van der Waals surface area contributed by atoms with Gasteiger partial charge in [-0.1, -0.05) is 48.1 Å². The first kappa shape index (κ1) is 18.4. The highest BCUT2D eigenvalue weighted by atomic mass is 32.1. The van der Waals surface area contributed by atoms with Crippen LogP contribution in [0.15, 0.2) is 30.3 Å². The molecule has 1 aromatic heterocycles. The Bertz CT molecular complexity index is 791. The summed E-state index contributed by atoms with van der Waals surface area (Å²) in [5.41, 5.74) is 0.934. The zero-order valence-corrected chi connectivity index (χ0v) is 16.8. The fraction of sp³-hybridized carbons (Fsp3) is 0.550. The topological polar surface area (TPSA) is 70.1 Å². The van der Waals surface area contributed by atoms with Crippen LogP contribution in [0.25, 0.3) is 0 Å². The van der Waals surface area contributed by atoms with Crippen LogP contribution in [0.2, 0.25) is 0 Å². The van der Waals surface area contributed by atoms with E-state index in [4.69, 9.17) is 0 Å². The molecule has 2 aliphatic heterocycles. The van der Waals surface area contributed by atoms with Crippen LogP contribution in [-0.4, -0.2) is 46.3 Å². The van der Waals surface area contributed by atoms with E-state index in [2.05, 4.69) is 51.7 Å². The van der Waals surface area contributed by atoms with Gasteiger partial charge in [-0.25, -0.2) is 4.79 Å². The second-order valence-corrected chi connectivity index (χ2v) is 8.97. The number of hydrogen-bond acceptors (Lipinski definition) is 5. The summed E-state index contributed by atoms with van der Waals surface area (Å²) >= 11 is 1.44. The summed E-state index contributed by atoms with van der Waals surface area (Å²) < 4.78 is 0. The number of nitrogens with one attached hydrogen (secondary N) is 2. The van der Waals surface area contributed by atoms with Crippen molar-refractivity contribution < 1.29 is 4.79 Å². The second-order valence-electron chi connectivity index (χ2n) is 8.00. The zero-order chi connectivity index (χ0) is 18.9. The third-order valence-electron chi connectivity index (χ3n) is 5.85. The van der Waals surface area contributed by atoms with E-state index >= 15 is 0 Å². The van der Waals surface area contributed by atoms with Gasteiger partial charge in [-0.3, -0.25) is 10.2 Å². The number of rotatable bonds is 4. The van der Waals surface area contributed by atoms with Gasteiger partial charge >= 0.3 is 6.03 Å². The van der Waals surface area contributed by atoms with Crippen molar-refractivity contribution in [3.63, 3.8) is 0 Å². The van der Waals surface area contributed by atoms with Gasteiger partial charge in [0.15, 0.2) is 0 Å². The van der Waals surface area contributed by atoms with Crippen molar-refractivity contribution in [2.24, 2.45) is 0 Å². The van der Waals surface area contributed by atoms with Gasteiger partial charge in [0.25, 0.3) is 0 Å². The lowest BCUT2D eigenvalue weighted by Crippen LogP contribution is -2.47. The van der Waals surface area contributed by atoms with Crippen LogP contribution in [0.4, 0.5) is 9.93 Å². The molecule has 7 heteroatoms.